The maximum Gasteiger partial charge on any atom is 0.227 e. The van der Waals surface area contributed by atoms with Crippen molar-refractivity contribution < 1.29 is 9.59 Å². The first-order valence-corrected chi connectivity index (χ1v) is 8.44. The lowest BCUT2D eigenvalue weighted by molar-refractivity contribution is -0.127. The van der Waals surface area contributed by atoms with Gasteiger partial charge in [0, 0.05) is 24.7 Å². The average Bonchev–Trinajstić information content (AvgIpc) is 2.93. The van der Waals surface area contributed by atoms with Gasteiger partial charge < -0.3 is 15.5 Å². The molecule has 2 heterocycles. The van der Waals surface area contributed by atoms with Crippen LogP contribution in [0.3, 0.4) is 0 Å². The highest BCUT2D eigenvalue weighted by atomic mass is 16.2. The topological polar surface area (TPSA) is 61.4 Å². The van der Waals surface area contributed by atoms with Gasteiger partial charge in [0.2, 0.25) is 11.8 Å². The lowest BCUT2D eigenvalue weighted by Gasteiger charge is -2.25. The molecule has 0 spiro atoms. The highest BCUT2D eigenvalue weighted by molar-refractivity contribution is 6.00. The van der Waals surface area contributed by atoms with E-state index >= 15 is 0 Å². The van der Waals surface area contributed by atoms with Gasteiger partial charge in [-0.25, -0.2) is 0 Å². The van der Waals surface area contributed by atoms with Crippen LogP contribution in [-0.2, 0) is 9.59 Å². The van der Waals surface area contributed by atoms with Crippen LogP contribution in [0.4, 0.5) is 5.69 Å². The van der Waals surface area contributed by atoms with Crippen LogP contribution in [0.15, 0.2) is 18.2 Å². The number of carbonyl (C=O) groups is 2. The van der Waals surface area contributed by atoms with E-state index in [1.807, 2.05) is 32.0 Å². The number of carbonyl (C=O) groups excluding carboxylic acids is 2. The van der Waals surface area contributed by atoms with Crippen LogP contribution in [0, 0.1) is 19.8 Å². The second kappa shape index (κ2) is 6.71. The van der Waals surface area contributed by atoms with Gasteiger partial charge in [-0.2, -0.15) is 0 Å². The minimum atomic E-state index is -0.239. The Balaban J connectivity index is 1.67. The Morgan fingerprint density at radius 3 is 2.74 bits per heavy atom. The zero-order chi connectivity index (χ0) is 16.4. The van der Waals surface area contributed by atoms with Gasteiger partial charge >= 0.3 is 0 Å². The molecular weight excluding hydrogens is 290 g/mol. The van der Waals surface area contributed by atoms with Gasteiger partial charge in [0.15, 0.2) is 0 Å². The monoisotopic (exact) mass is 315 g/mol. The van der Waals surface area contributed by atoms with E-state index in [4.69, 9.17) is 0 Å². The van der Waals surface area contributed by atoms with Gasteiger partial charge in [-0.05, 0) is 57.0 Å². The fourth-order valence-corrected chi connectivity index (χ4v) is 3.43. The van der Waals surface area contributed by atoms with Gasteiger partial charge in [0.1, 0.15) is 0 Å². The van der Waals surface area contributed by atoms with E-state index in [0.717, 1.165) is 42.7 Å². The van der Waals surface area contributed by atoms with Gasteiger partial charge in [0.05, 0.1) is 5.92 Å². The normalized spacial score (nSPS) is 22.4. The molecular formula is C18H25N3O2. The summed E-state index contributed by atoms with van der Waals surface area (Å²) in [6.45, 7) is 6.45. The number of hydrogen-bond donors (Lipinski definition) is 2. The van der Waals surface area contributed by atoms with E-state index in [2.05, 4.69) is 10.6 Å². The summed E-state index contributed by atoms with van der Waals surface area (Å²) >= 11 is 0. The maximum absolute atomic E-state index is 12.5. The van der Waals surface area contributed by atoms with Crippen molar-refractivity contribution in [1.29, 1.82) is 0 Å². The van der Waals surface area contributed by atoms with E-state index in [1.54, 1.807) is 4.90 Å². The van der Waals surface area contributed by atoms with E-state index in [9.17, 15) is 9.59 Å². The number of nitrogens with zero attached hydrogens (tertiary/aromatic N) is 1. The van der Waals surface area contributed by atoms with E-state index < -0.39 is 0 Å². The molecule has 1 unspecified atom stereocenters. The molecule has 5 heteroatoms. The Kier molecular flexibility index (Phi) is 4.66. The van der Waals surface area contributed by atoms with Crippen molar-refractivity contribution in [1.82, 2.24) is 10.6 Å². The van der Waals surface area contributed by atoms with Crippen molar-refractivity contribution >= 4 is 17.5 Å². The van der Waals surface area contributed by atoms with Crippen LogP contribution in [-0.4, -0.2) is 37.5 Å². The minimum Gasteiger partial charge on any atom is -0.353 e. The van der Waals surface area contributed by atoms with Crippen LogP contribution in [0.25, 0.3) is 0 Å². The van der Waals surface area contributed by atoms with E-state index in [0.29, 0.717) is 13.0 Å². The minimum absolute atomic E-state index is 0.0260. The molecule has 1 aromatic carbocycles. The zero-order valence-corrected chi connectivity index (χ0v) is 13.9. The number of hydrogen-bond acceptors (Lipinski definition) is 3. The fourth-order valence-electron chi connectivity index (χ4n) is 3.43. The van der Waals surface area contributed by atoms with Gasteiger partial charge in [-0.3, -0.25) is 9.59 Å². The number of rotatable bonds is 3. The highest BCUT2D eigenvalue weighted by Crippen LogP contribution is 2.29. The molecule has 5 nitrogen and oxygen atoms in total. The third kappa shape index (κ3) is 3.39. The number of aryl methyl sites for hydroxylation is 1. The highest BCUT2D eigenvalue weighted by Gasteiger charge is 2.36. The second-order valence-electron chi connectivity index (χ2n) is 6.66. The number of benzene rings is 1. The van der Waals surface area contributed by atoms with E-state index in [-0.39, 0.29) is 23.8 Å². The Bertz CT molecular complexity index is 608. The largest absolute Gasteiger partial charge is 0.353 e. The third-order valence-electron chi connectivity index (χ3n) is 5.05. The first-order valence-electron chi connectivity index (χ1n) is 8.44. The zero-order valence-electron chi connectivity index (χ0n) is 13.9. The number of nitrogens with one attached hydrogen (secondary N) is 2. The first-order chi connectivity index (χ1) is 11.1. The van der Waals surface area contributed by atoms with Crippen LogP contribution < -0.4 is 15.5 Å². The smallest absolute Gasteiger partial charge is 0.227 e. The Morgan fingerprint density at radius 2 is 2.00 bits per heavy atom. The Labute approximate surface area is 137 Å². The molecule has 0 radical (unpaired) electrons. The summed E-state index contributed by atoms with van der Waals surface area (Å²) < 4.78 is 0. The second-order valence-corrected chi connectivity index (χ2v) is 6.66. The fraction of sp³-hybridized carbons (Fsp3) is 0.556. The van der Waals surface area contributed by atoms with Gasteiger partial charge in [-0.15, -0.1) is 0 Å². The molecule has 2 amide bonds. The van der Waals surface area contributed by atoms with Crippen molar-refractivity contribution in [2.24, 2.45) is 5.92 Å². The number of amides is 2. The molecule has 0 saturated carbocycles. The van der Waals surface area contributed by atoms with Crippen LogP contribution in [0.1, 0.15) is 30.4 Å². The molecule has 2 aliphatic heterocycles. The van der Waals surface area contributed by atoms with Crippen LogP contribution in [0.2, 0.25) is 0 Å². The van der Waals surface area contributed by atoms with Crippen molar-refractivity contribution in [3.05, 3.63) is 29.3 Å². The Morgan fingerprint density at radius 1 is 1.26 bits per heavy atom. The first kappa shape index (κ1) is 16.0. The summed E-state index contributed by atoms with van der Waals surface area (Å²) in [6, 6.07) is 6.22. The summed E-state index contributed by atoms with van der Waals surface area (Å²) in [5.74, 6) is -0.167. The third-order valence-corrected chi connectivity index (χ3v) is 5.05. The molecule has 1 atom stereocenters. The summed E-state index contributed by atoms with van der Waals surface area (Å²) in [5.41, 5.74) is 3.21. The summed E-state index contributed by atoms with van der Waals surface area (Å²) in [5, 5.41) is 6.41. The molecule has 1 aromatic rings. The van der Waals surface area contributed by atoms with Gasteiger partial charge in [-0.1, -0.05) is 12.1 Å². The molecule has 2 saturated heterocycles. The maximum atomic E-state index is 12.5. The summed E-state index contributed by atoms with van der Waals surface area (Å²) in [6.07, 6.45) is 2.24. The van der Waals surface area contributed by atoms with Gasteiger partial charge in [0.25, 0.3) is 0 Å². The molecule has 2 N–H and O–H groups in total. The predicted molar refractivity (Wildman–Crippen MR) is 90.4 cm³/mol. The summed E-state index contributed by atoms with van der Waals surface area (Å²) in [7, 11) is 0. The molecule has 2 fully saturated rings. The predicted octanol–water partition coefficient (Wildman–Crippen LogP) is 1.52. The quantitative estimate of drug-likeness (QED) is 0.889. The lowest BCUT2D eigenvalue weighted by atomic mass is 10.0. The number of piperidine rings is 1. The van der Waals surface area contributed by atoms with Crippen LogP contribution in [0.5, 0.6) is 0 Å². The lowest BCUT2D eigenvalue weighted by Crippen LogP contribution is -2.45. The standard InChI is InChI=1S/C18H25N3O2/c1-12-4-3-5-16(13(12)2)21-11-14(10-17(21)22)18(23)20-15-6-8-19-9-7-15/h3-5,14-15,19H,6-11H2,1-2H3,(H,20,23). The Hall–Kier alpha value is -1.88. The van der Waals surface area contributed by atoms with Crippen molar-refractivity contribution in [2.75, 3.05) is 24.5 Å². The molecule has 124 valence electrons. The molecule has 2 aliphatic rings. The SMILES string of the molecule is Cc1cccc(N2CC(C(=O)NC3CCNCC3)CC2=O)c1C. The number of anilines is 1. The molecule has 0 aromatic heterocycles. The summed E-state index contributed by atoms with van der Waals surface area (Å²) in [4.78, 5) is 26.6. The molecule has 23 heavy (non-hydrogen) atoms. The molecule has 0 aliphatic carbocycles. The average molecular weight is 315 g/mol. The van der Waals surface area contributed by atoms with Crippen molar-refractivity contribution in [3.8, 4) is 0 Å². The molecule has 0 bridgehead atoms. The van der Waals surface area contributed by atoms with Crippen molar-refractivity contribution in [2.45, 2.75) is 39.2 Å². The van der Waals surface area contributed by atoms with Crippen LogP contribution >= 0.6 is 0 Å². The van der Waals surface area contributed by atoms with E-state index in [1.165, 1.54) is 0 Å². The van der Waals surface area contributed by atoms with Crippen molar-refractivity contribution in [3.63, 3.8) is 0 Å². The molecule has 3 rings (SSSR count).